The van der Waals surface area contributed by atoms with Crippen molar-refractivity contribution in [1.29, 1.82) is 0 Å². The first-order valence-corrected chi connectivity index (χ1v) is 11.5. The highest BCUT2D eigenvalue weighted by molar-refractivity contribution is 7.89. The molecule has 0 atom stereocenters. The first-order valence-electron chi connectivity index (χ1n) is 9.85. The number of carbonyl (C=O) groups excluding carboxylic acids is 1. The van der Waals surface area contributed by atoms with Crippen LogP contribution in [0.2, 0.25) is 0 Å². The van der Waals surface area contributed by atoms with Crippen LogP contribution in [0, 0.1) is 19.7 Å². The average molecular weight is 435 g/mol. The molecule has 0 unspecified atom stereocenters. The largest absolute Gasteiger partial charge is 0.369 e. The fourth-order valence-corrected chi connectivity index (χ4v) is 4.63. The van der Waals surface area contributed by atoms with Crippen LogP contribution in [0.5, 0.6) is 0 Å². The number of nitrogens with zero attached hydrogens (tertiary/aromatic N) is 2. The Morgan fingerprint density at radius 2 is 1.67 bits per heavy atom. The number of carbonyl (C=O) groups is 1. The van der Waals surface area contributed by atoms with Crippen molar-refractivity contribution in [3.8, 4) is 0 Å². The maximum atomic E-state index is 13.1. The van der Waals surface area contributed by atoms with Gasteiger partial charge in [0.1, 0.15) is 5.82 Å². The van der Waals surface area contributed by atoms with Crippen LogP contribution in [0.1, 0.15) is 11.1 Å². The van der Waals surface area contributed by atoms with Crippen LogP contribution >= 0.6 is 0 Å². The van der Waals surface area contributed by atoms with Gasteiger partial charge in [-0.1, -0.05) is 6.07 Å². The lowest BCUT2D eigenvalue weighted by atomic mass is 10.1. The van der Waals surface area contributed by atoms with E-state index in [0.29, 0.717) is 31.9 Å². The highest BCUT2D eigenvalue weighted by atomic mass is 32.2. The molecule has 2 aromatic rings. The summed E-state index contributed by atoms with van der Waals surface area (Å²) in [6, 6.07) is 11.3. The van der Waals surface area contributed by atoms with Crippen molar-refractivity contribution in [2.75, 3.05) is 48.7 Å². The van der Waals surface area contributed by atoms with Gasteiger partial charge in [-0.25, -0.2) is 17.6 Å². The monoisotopic (exact) mass is 434 g/mol. The maximum absolute atomic E-state index is 13.1. The van der Waals surface area contributed by atoms with E-state index in [-0.39, 0.29) is 18.1 Å². The van der Waals surface area contributed by atoms with Gasteiger partial charge in [-0.15, -0.1) is 0 Å². The van der Waals surface area contributed by atoms with E-state index >= 15 is 0 Å². The molecule has 0 aromatic heterocycles. The molecule has 30 heavy (non-hydrogen) atoms. The number of urea groups is 1. The summed E-state index contributed by atoms with van der Waals surface area (Å²) in [5.41, 5.74) is 3.73. The summed E-state index contributed by atoms with van der Waals surface area (Å²) < 4.78 is 39.7. The standard InChI is InChI=1S/C21H27FN4O3S/c1-16-3-6-19(15-17(16)2)24-21(27)23-9-14-30(28,29)26-12-10-25(11-13-26)20-7-4-18(22)5-8-20/h3-8,15H,9-14H2,1-2H3,(H2,23,24,27). The Kier molecular flexibility index (Phi) is 6.94. The van der Waals surface area contributed by atoms with Gasteiger partial charge in [0.15, 0.2) is 0 Å². The molecule has 0 spiro atoms. The van der Waals surface area contributed by atoms with E-state index in [4.69, 9.17) is 0 Å². The molecular weight excluding hydrogens is 407 g/mol. The smallest absolute Gasteiger partial charge is 0.319 e. The number of sulfonamides is 1. The number of hydrogen-bond acceptors (Lipinski definition) is 4. The van der Waals surface area contributed by atoms with Crippen LogP contribution in [0.3, 0.4) is 0 Å². The molecule has 7 nitrogen and oxygen atoms in total. The molecule has 1 aliphatic heterocycles. The first-order chi connectivity index (χ1) is 14.2. The van der Waals surface area contributed by atoms with Gasteiger partial charge in [0.05, 0.1) is 5.75 Å². The molecule has 2 aromatic carbocycles. The number of amides is 2. The zero-order valence-corrected chi connectivity index (χ0v) is 18.0. The summed E-state index contributed by atoms with van der Waals surface area (Å²) in [5, 5.41) is 5.31. The van der Waals surface area contributed by atoms with E-state index < -0.39 is 16.1 Å². The minimum atomic E-state index is -3.47. The first kappa shape index (κ1) is 22.0. The van der Waals surface area contributed by atoms with Crippen LogP contribution in [0.4, 0.5) is 20.6 Å². The Labute approximate surface area is 176 Å². The SMILES string of the molecule is Cc1ccc(NC(=O)NCCS(=O)(=O)N2CCN(c3ccc(F)cc3)CC2)cc1C. The summed E-state index contributed by atoms with van der Waals surface area (Å²) in [5.74, 6) is -0.460. The second-order valence-electron chi connectivity index (χ2n) is 7.36. The average Bonchev–Trinajstić information content (AvgIpc) is 2.71. The third kappa shape index (κ3) is 5.70. The number of anilines is 2. The van der Waals surface area contributed by atoms with Crippen molar-refractivity contribution in [2.45, 2.75) is 13.8 Å². The molecule has 1 saturated heterocycles. The lowest BCUT2D eigenvalue weighted by molar-refractivity contribution is 0.252. The van der Waals surface area contributed by atoms with Crippen molar-refractivity contribution in [2.24, 2.45) is 0 Å². The summed E-state index contributed by atoms with van der Waals surface area (Å²) in [7, 11) is -3.47. The maximum Gasteiger partial charge on any atom is 0.319 e. The van der Waals surface area contributed by atoms with Gasteiger partial charge in [0.25, 0.3) is 0 Å². The molecule has 0 aliphatic carbocycles. The van der Waals surface area contributed by atoms with E-state index in [0.717, 1.165) is 16.8 Å². The van der Waals surface area contributed by atoms with Gasteiger partial charge in [-0.05, 0) is 61.4 Å². The van der Waals surface area contributed by atoms with Gasteiger partial charge in [0.2, 0.25) is 10.0 Å². The molecule has 2 N–H and O–H groups in total. The van der Waals surface area contributed by atoms with Crippen molar-refractivity contribution in [1.82, 2.24) is 9.62 Å². The number of piperazine rings is 1. The highest BCUT2D eigenvalue weighted by Gasteiger charge is 2.26. The summed E-state index contributed by atoms with van der Waals surface area (Å²) in [6.45, 7) is 5.75. The number of aryl methyl sites for hydroxylation is 2. The van der Waals surface area contributed by atoms with Gasteiger partial charge < -0.3 is 15.5 Å². The number of rotatable bonds is 6. The highest BCUT2D eigenvalue weighted by Crippen LogP contribution is 2.18. The van der Waals surface area contributed by atoms with Crippen LogP contribution < -0.4 is 15.5 Å². The van der Waals surface area contributed by atoms with Crippen molar-refractivity contribution >= 4 is 27.4 Å². The Morgan fingerprint density at radius 1 is 1.00 bits per heavy atom. The van der Waals surface area contributed by atoms with Crippen molar-refractivity contribution in [3.63, 3.8) is 0 Å². The number of nitrogens with one attached hydrogen (secondary N) is 2. The normalized spacial score (nSPS) is 15.1. The molecule has 0 saturated carbocycles. The quantitative estimate of drug-likeness (QED) is 0.733. The topological polar surface area (TPSA) is 81.8 Å². The Hall–Kier alpha value is -2.65. The summed E-state index contributed by atoms with van der Waals surface area (Å²) in [4.78, 5) is 14.1. The van der Waals surface area contributed by atoms with Crippen molar-refractivity contribution < 1.29 is 17.6 Å². The minimum Gasteiger partial charge on any atom is -0.369 e. The zero-order chi connectivity index (χ0) is 21.7. The molecule has 1 heterocycles. The molecule has 0 bridgehead atoms. The number of hydrogen-bond donors (Lipinski definition) is 2. The second-order valence-corrected chi connectivity index (χ2v) is 9.45. The molecule has 2 amide bonds. The van der Waals surface area contributed by atoms with Crippen molar-refractivity contribution in [3.05, 3.63) is 59.4 Å². The number of benzene rings is 2. The molecule has 1 fully saturated rings. The van der Waals surface area contributed by atoms with E-state index in [1.807, 2.05) is 30.9 Å². The molecule has 1 aliphatic rings. The summed E-state index contributed by atoms with van der Waals surface area (Å²) >= 11 is 0. The Morgan fingerprint density at radius 3 is 2.30 bits per heavy atom. The van der Waals surface area contributed by atoms with Gasteiger partial charge in [-0.3, -0.25) is 0 Å². The second kappa shape index (κ2) is 9.44. The van der Waals surface area contributed by atoms with Gasteiger partial charge in [-0.2, -0.15) is 4.31 Å². The van der Waals surface area contributed by atoms with E-state index in [1.165, 1.54) is 16.4 Å². The van der Waals surface area contributed by atoms with Crippen LogP contribution in [0.15, 0.2) is 42.5 Å². The molecular formula is C21H27FN4O3S. The predicted octanol–water partition coefficient (Wildman–Crippen LogP) is 2.72. The predicted molar refractivity (Wildman–Crippen MR) is 117 cm³/mol. The van der Waals surface area contributed by atoms with Crippen LogP contribution in [-0.4, -0.2) is 57.2 Å². The van der Waals surface area contributed by atoms with E-state index in [9.17, 15) is 17.6 Å². The van der Waals surface area contributed by atoms with Crippen LogP contribution in [-0.2, 0) is 10.0 Å². The third-order valence-corrected chi connectivity index (χ3v) is 7.11. The lowest BCUT2D eigenvalue weighted by Crippen LogP contribution is -2.50. The fourth-order valence-electron chi connectivity index (χ4n) is 3.29. The molecule has 162 valence electrons. The van der Waals surface area contributed by atoms with E-state index in [2.05, 4.69) is 10.6 Å². The third-order valence-electron chi connectivity index (χ3n) is 5.23. The zero-order valence-electron chi connectivity index (χ0n) is 17.2. The van der Waals surface area contributed by atoms with Gasteiger partial charge in [0, 0.05) is 44.1 Å². The molecule has 3 rings (SSSR count). The fraction of sp³-hybridized carbons (Fsp3) is 0.381. The van der Waals surface area contributed by atoms with Crippen LogP contribution in [0.25, 0.3) is 0 Å². The Balaban J connectivity index is 1.44. The van der Waals surface area contributed by atoms with E-state index in [1.54, 1.807) is 18.2 Å². The Bertz CT molecular complexity index is 988. The molecule has 0 radical (unpaired) electrons. The number of halogens is 1. The lowest BCUT2D eigenvalue weighted by Gasteiger charge is -2.35. The minimum absolute atomic E-state index is 0.0250. The van der Waals surface area contributed by atoms with Gasteiger partial charge >= 0.3 is 6.03 Å². The molecule has 9 heteroatoms. The summed E-state index contributed by atoms with van der Waals surface area (Å²) in [6.07, 6.45) is 0.